The highest BCUT2D eigenvalue weighted by molar-refractivity contribution is 6.74. The van der Waals surface area contributed by atoms with Crippen molar-refractivity contribution in [2.24, 2.45) is 0 Å². The summed E-state index contributed by atoms with van der Waals surface area (Å²) < 4.78 is 19.1. The van der Waals surface area contributed by atoms with Crippen molar-refractivity contribution in [3.05, 3.63) is 23.8 Å². The van der Waals surface area contributed by atoms with Crippen molar-refractivity contribution >= 4 is 8.32 Å². The van der Waals surface area contributed by atoms with Crippen LogP contribution in [-0.2, 0) is 6.61 Å². The molecule has 0 unspecified atom stereocenters. The number of nitrogens with zero attached hydrogens (tertiary/aromatic N) is 1. The smallest absolute Gasteiger partial charge is 0.250 e. The van der Waals surface area contributed by atoms with Crippen LogP contribution in [-0.4, -0.2) is 18.4 Å². The van der Waals surface area contributed by atoms with Gasteiger partial charge in [0.1, 0.15) is 5.75 Å². The number of pyridine rings is 1. The molecule has 17 heavy (non-hydrogen) atoms. The van der Waals surface area contributed by atoms with Crippen LogP contribution in [0.3, 0.4) is 0 Å². The average Bonchev–Trinajstić information content (AvgIpc) is 2.19. The average molecular weight is 257 g/mol. The molecule has 1 N–H and O–H groups in total. The molecule has 96 valence electrons. The van der Waals surface area contributed by atoms with Crippen LogP contribution in [0, 0.1) is 5.95 Å². The Morgan fingerprint density at radius 1 is 1.41 bits per heavy atom. The summed E-state index contributed by atoms with van der Waals surface area (Å²) in [6, 6.07) is 1.52. The van der Waals surface area contributed by atoms with E-state index in [-0.39, 0.29) is 17.2 Å². The predicted octanol–water partition coefficient (Wildman–Crippen LogP) is 3.10. The Hall–Kier alpha value is -0.943. The molecule has 0 spiro atoms. The van der Waals surface area contributed by atoms with Crippen molar-refractivity contribution in [2.75, 3.05) is 0 Å². The van der Waals surface area contributed by atoms with Crippen molar-refractivity contribution in [3.8, 4) is 5.75 Å². The Balaban J connectivity index is 2.96. The first-order chi connectivity index (χ1) is 7.67. The first-order valence-electron chi connectivity index (χ1n) is 5.61. The summed E-state index contributed by atoms with van der Waals surface area (Å²) in [5.41, 5.74) is 0.168. The second-order valence-corrected chi connectivity index (χ2v) is 10.4. The van der Waals surface area contributed by atoms with Crippen molar-refractivity contribution in [3.63, 3.8) is 0 Å². The van der Waals surface area contributed by atoms with E-state index in [0.717, 1.165) is 0 Å². The number of halogens is 1. The molecule has 1 aromatic heterocycles. The van der Waals surface area contributed by atoms with Gasteiger partial charge in [0.05, 0.1) is 12.8 Å². The van der Waals surface area contributed by atoms with Crippen LogP contribution < -0.4 is 4.43 Å². The molecule has 1 heterocycles. The molecule has 0 radical (unpaired) electrons. The van der Waals surface area contributed by atoms with Gasteiger partial charge in [0.15, 0.2) is 0 Å². The lowest BCUT2D eigenvalue weighted by molar-refractivity contribution is 0.273. The Kier molecular flexibility index (Phi) is 3.94. The molecule has 0 aromatic carbocycles. The molecule has 0 aliphatic rings. The highest BCUT2D eigenvalue weighted by atomic mass is 28.4. The van der Waals surface area contributed by atoms with Gasteiger partial charge < -0.3 is 9.53 Å². The summed E-state index contributed by atoms with van der Waals surface area (Å²) in [5, 5.41) is 9.05. The van der Waals surface area contributed by atoms with Crippen LogP contribution in [0.25, 0.3) is 0 Å². The Morgan fingerprint density at radius 2 is 2.00 bits per heavy atom. The second-order valence-electron chi connectivity index (χ2n) is 5.64. The first kappa shape index (κ1) is 14.1. The van der Waals surface area contributed by atoms with Crippen LogP contribution in [0.2, 0.25) is 18.1 Å². The lowest BCUT2D eigenvalue weighted by Crippen LogP contribution is -2.43. The van der Waals surface area contributed by atoms with Crippen molar-refractivity contribution < 1.29 is 13.9 Å². The number of aromatic nitrogens is 1. The number of aliphatic hydroxyl groups excluding tert-OH is 1. The van der Waals surface area contributed by atoms with E-state index in [1.165, 1.54) is 12.3 Å². The van der Waals surface area contributed by atoms with Gasteiger partial charge in [-0.2, -0.15) is 4.39 Å². The summed E-state index contributed by atoms with van der Waals surface area (Å²) in [6.45, 7) is 10.2. The van der Waals surface area contributed by atoms with Gasteiger partial charge in [-0.25, -0.2) is 4.98 Å². The molecule has 0 saturated heterocycles. The molecule has 1 aromatic rings. The third-order valence-corrected chi connectivity index (χ3v) is 7.59. The largest absolute Gasteiger partial charge is 0.542 e. The second kappa shape index (κ2) is 4.74. The predicted molar refractivity (Wildman–Crippen MR) is 67.9 cm³/mol. The molecule has 0 fully saturated rings. The summed E-state index contributed by atoms with van der Waals surface area (Å²) in [4.78, 5) is 3.59. The van der Waals surface area contributed by atoms with Crippen LogP contribution in [0.5, 0.6) is 5.75 Å². The highest BCUT2D eigenvalue weighted by Gasteiger charge is 2.39. The van der Waals surface area contributed by atoms with Gasteiger partial charge in [-0.3, -0.25) is 0 Å². The van der Waals surface area contributed by atoms with Crippen LogP contribution >= 0.6 is 0 Å². The SMILES string of the molecule is CC(C)(C)[Si](C)(C)Oc1cnc(F)c(CO)c1. The maximum atomic E-state index is 13.1. The fraction of sp³-hybridized carbons (Fsp3) is 0.583. The molecule has 1 rings (SSSR count). The zero-order valence-corrected chi connectivity index (χ0v) is 12.0. The summed E-state index contributed by atoms with van der Waals surface area (Å²) in [5.74, 6) is -0.114. The van der Waals surface area contributed by atoms with E-state index in [2.05, 4.69) is 38.8 Å². The monoisotopic (exact) mass is 257 g/mol. The molecule has 0 bridgehead atoms. The minimum atomic E-state index is -1.94. The molecule has 0 atom stereocenters. The first-order valence-corrected chi connectivity index (χ1v) is 8.52. The fourth-order valence-corrected chi connectivity index (χ4v) is 2.09. The van der Waals surface area contributed by atoms with Crippen LogP contribution in [0.15, 0.2) is 12.3 Å². The van der Waals surface area contributed by atoms with Gasteiger partial charge in [-0.1, -0.05) is 20.8 Å². The Labute approximate surface area is 103 Å². The third-order valence-electron chi connectivity index (χ3n) is 3.24. The van der Waals surface area contributed by atoms with Gasteiger partial charge in [-0.05, 0) is 24.2 Å². The fourth-order valence-electron chi connectivity index (χ4n) is 1.09. The van der Waals surface area contributed by atoms with Crippen LogP contribution in [0.4, 0.5) is 4.39 Å². The zero-order chi connectivity index (χ0) is 13.3. The minimum Gasteiger partial charge on any atom is -0.542 e. The lowest BCUT2D eigenvalue weighted by atomic mass is 10.2. The van der Waals surface area contributed by atoms with Crippen molar-refractivity contribution in [1.29, 1.82) is 0 Å². The standard InChI is InChI=1S/C12H20FNO2Si/c1-12(2,3)17(4,5)16-10-6-9(8-15)11(13)14-7-10/h6-7,15H,8H2,1-5H3. The molecule has 5 heteroatoms. The summed E-state index contributed by atoms with van der Waals surface area (Å²) in [7, 11) is -1.94. The number of hydrogen-bond donors (Lipinski definition) is 1. The van der Waals surface area contributed by atoms with E-state index < -0.39 is 14.3 Å². The number of aliphatic hydroxyl groups is 1. The number of hydrogen-bond acceptors (Lipinski definition) is 3. The van der Waals surface area contributed by atoms with E-state index in [0.29, 0.717) is 5.75 Å². The normalized spacial score (nSPS) is 12.6. The molecular formula is C12H20FNO2Si. The Morgan fingerprint density at radius 3 is 2.47 bits per heavy atom. The lowest BCUT2D eigenvalue weighted by Gasteiger charge is -2.36. The van der Waals surface area contributed by atoms with Crippen molar-refractivity contribution in [2.45, 2.75) is 45.5 Å². The third kappa shape index (κ3) is 3.26. The van der Waals surface area contributed by atoms with Gasteiger partial charge >= 0.3 is 0 Å². The molecular weight excluding hydrogens is 237 g/mol. The molecule has 3 nitrogen and oxygen atoms in total. The van der Waals surface area contributed by atoms with Crippen LogP contribution in [0.1, 0.15) is 26.3 Å². The zero-order valence-electron chi connectivity index (χ0n) is 11.0. The van der Waals surface area contributed by atoms with Crippen molar-refractivity contribution in [1.82, 2.24) is 4.98 Å². The summed E-state index contributed by atoms with van der Waals surface area (Å²) in [6.07, 6.45) is 1.37. The quantitative estimate of drug-likeness (QED) is 0.668. The van der Waals surface area contributed by atoms with Gasteiger partial charge in [-0.15, -0.1) is 0 Å². The van der Waals surface area contributed by atoms with Gasteiger partial charge in [0.2, 0.25) is 5.95 Å². The maximum absolute atomic E-state index is 13.1. The van der Waals surface area contributed by atoms with E-state index in [4.69, 9.17) is 9.53 Å². The van der Waals surface area contributed by atoms with E-state index in [1.807, 2.05) is 0 Å². The molecule has 0 amide bonds. The van der Waals surface area contributed by atoms with E-state index in [9.17, 15) is 4.39 Å². The van der Waals surface area contributed by atoms with Gasteiger partial charge in [0.25, 0.3) is 8.32 Å². The Bertz CT molecular complexity index is 402. The van der Waals surface area contributed by atoms with E-state index in [1.54, 1.807) is 0 Å². The highest BCUT2D eigenvalue weighted by Crippen LogP contribution is 2.37. The number of rotatable bonds is 3. The topological polar surface area (TPSA) is 42.4 Å². The molecule has 0 aliphatic heterocycles. The minimum absolute atomic E-state index is 0.0702. The summed E-state index contributed by atoms with van der Waals surface area (Å²) >= 11 is 0. The molecule has 0 saturated carbocycles. The van der Waals surface area contributed by atoms with Gasteiger partial charge in [0, 0.05) is 5.56 Å². The van der Waals surface area contributed by atoms with E-state index >= 15 is 0 Å². The molecule has 0 aliphatic carbocycles. The maximum Gasteiger partial charge on any atom is 0.250 e.